The van der Waals surface area contributed by atoms with Crippen molar-refractivity contribution in [3.05, 3.63) is 12.1 Å². The molecular formula is C14H22N2O5. The number of rotatable bonds is 9. The molecule has 1 amide bonds. The Kier molecular flexibility index (Phi) is 7.34. The van der Waals surface area contributed by atoms with Crippen molar-refractivity contribution in [2.45, 2.75) is 0 Å². The molecule has 0 aliphatic heterocycles. The maximum atomic E-state index is 11.9. The van der Waals surface area contributed by atoms with E-state index >= 15 is 0 Å². The highest BCUT2D eigenvalue weighted by Gasteiger charge is 2.17. The second-order valence-electron chi connectivity index (χ2n) is 4.10. The van der Waals surface area contributed by atoms with Gasteiger partial charge in [0.2, 0.25) is 11.7 Å². The lowest BCUT2D eigenvalue weighted by Crippen LogP contribution is -2.30. The van der Waals surface area contributed by atoms with Crippen molar-refractivity contribution in [2.75, 3.05) is 53.5 Å². The first-order valence-corrected chi connectivity index (χ1v) is 6.46. The maximum Gasteiger partial charge on any atom is 0.238 e. The molecule has 0 aromatic heterocycles. The van der Waals surface area contributed by atoms with E-state index in [9.17, 15) is 4.79 Å². The molecule has 0 aliphatic rings. The molecular weight excluding hydrogens is 276 g/mol. The number of amides is 1. The topological polar surface area (TPSA) is 78.1 Å². The third-order valence-corrected chi connectivity index (χ3v) is 2.75. The second kappa shape index (κ2) is 9.04. The number of carbonyl (C=O) groups is 1. The predicted octanol–water partition coefficient (Wildman–Crippen LogP) is 0.887. The minimum absolute atomic E-state index is 0.181. The first-order valence-electron chi connectivity index (χ1n) is 6.46. The van der Waals surface area contributed by atoms with Crippen molar-refractivity contribution >= 4 is 11.6 Å². The third kappa shape index (κ3) is 4.80. The molecule has 0 fully saturated rings. The van der Waals surface area contributed by atoms with Crippen LogP contribution < -0.4 is 24.8 Å². The van der Waals surface area contributed by atoms with E-state index in [1.54, 1.807) is 19.2 Å². The summed E-state index contributed by atoms with van der Waals surface area (Å²) < 4.78 is 20.6. The average molecular weight is 298 g/mol. The maximum absolute atomic E-state index is 11.9. The van der Waals surface area contributed by atoms with Gasteiger partial charge in [0.05, 0.1) is 40.2 Å². The Morgan fingerprint density at radius 1 is 1.05 bits per heavy atom. The van der Waals surface area contributed by atoms with Crippen molar-refractivity contribution in [3.63, 3.8) is 0 Å². The molecule has 1 aromatic rings. The van der Waals surface area contributed by atoms with Crippen LogP contribution in [0.1, 0.15) is 0 Å². The number of ether oxygens (including phenoxy) is 4. The Morgan fingerprint density at radius 3 is 2.33 bits per heavy atom. The molecule has 0 atom stereocenters. The third-order valence-electron chi connectivity index (χ3n) is 2.75. The Bertz CT molecular complexity index is 465. The van der Waals surface area contributed by atoms with Gasteiger partial charge in [0.1, 0.15) is 0 Å². The van der Waals surface area contributed by atoms with Gasteiger partial charge in [0, 0.05) is 13.7 Å². The van der Waals surface area contributed by atoms with Gasteiger partial charge in [-0.15, -0.1) is 0 Å². The molecule has 0 saturated heterocycles. The van der Waals surface area contributed by atoms with Crippen molar-refractivity contribution in [1.29, 1.82) is 0 Å². The Morgan fingerprint density at radius 2 is 1.76 bits per heavy atom. The molecule has 1 aromatic carbocycles. The Labute approximate surface area is 124 Å². The average Bonchev–Trinajstić information content (AvgIpc) is 2.50. The summed E-state index contributed by atoms with van der Waals surface area (Å²) in [6.45, 7) is 1.33. The van der Waals surface area contributed by atoms with Crippen LogP contribution in [0.2, 0.25) is 0 Å². The number of methoxy groups -OCH3 is 4. The molecule has 0 bridgehead atoms. The quantitative estimate of drug-likeness (QED) is 0.659. The van der Waals surface area contributed by atoms with Crippen molar-refractivity contribution in [2.24, 2.45) is 0 Å². The predicted molar refractivity (Wildman–Crippen MR) is 79.5 cm³/mol. The first kappa shape index (κ1) is 17.1. The van der Waals surface area contributed by atoms with E-state index in [4.69, 9.17) is 18.9 Å². The van der Waals surface area contributed by atoms with E-state index in [1.165, 1.54) is 21.3 Å². The fourth-order valence-electron chi connectivity index (χ4n) is 1.77. The Balaban J connectivity index is 2.76. The number of hydrogen-bond acceptors (Lipinski definition) is 6. The summed E-state index contributed by atoms with van der Waals surface area (Å²) in [7, 11) is 6.16. The van der Waals surface area contributed by atoms with Gasteiger partial charge in [-0.1, -0.05) is 0 Å². The molecule has 21 heavy (non-hydrogen) atoms. The van der Waals surface area contributed by atoms with E-state index in [1.807, 2.05) is 0 Å². The van der Waals surface area contributed by atoms with Crippen LogP contribution in [0.5, 0.6) is 17.2 Å². The first-order chi connectivity index (χ1) is 10.2. The zero-order valence-corrected chi connectivity index (χ0v) is 12.8. The molecule has 0 heterocycles. The number of nitrogens with one attached hydrogen (secondary N) is 2. The molecule has 7 nitrogen and oxygen atoms in total. The van der Waals surface area contributed by atoms with Gasteiger partial charge in [0.15, 0.2) is 11.5 Å². The summed E-state index contributed by atoms with van der Waals surface area (Å²) in [5.41, 5.74) is 0.522. The van der Waals surface area contributed by atoms with Crippen LogP contribution >= 0.6 is 0 Å². The van der Waals surface area contributed by atoms with E-state index in [2.05, 4.69) is 10.6 Å². The van der Waals surface area contributed by atoms with Crippen LogP contribution in [-0.4, -0.2) is 54.0 Å². The number of anilines is 1. The number of hydrogen-bond donors (Lipinski definition) is 2. The van der Waals surface area contributed by atoms with Crippen LogP contribution in [0.3, 0.4) is 0 Å². The SMILES string of the molecule is COCCNCC(=O)Nc1ccc(OC)c(OC)c1OC. The van der Waals surface area contributed by atoms with E-state index < -0.39 is 0 Å². The lowest BCUT2D eigenvalue weighted by molar-refractivity contribution is -0.115. The van der Waals surface area contributed by atoms with Gasteiger partial charge in [-0.05, 0) is 12.1 Å². The van der Waals surface area contributed by atoms with Crippen LogP contribution in [0.25, 0.3) is 0 Å². The minimum Gasteiger partial charge on any atom is -0.493 e. The lowest BCUT2D eigenvalue weighted by atomic mass is 10.2. The fourth-order valence-corrected chi connectivity index (χ4v) is 1.77. The highest BCUT2D eigenvalue weighted by molar-refractivity contribution is 5.94. The molecule has 0 spiro atoms. The van der Waals surface area contributed by atoms with Crippen molar-refractivity contribution < 1.29 is 23.7 Å². The van der Waals surface area contributed by atoms with Crippen LogP contribution in [0, 0.1) is 0 Å². The number of carbonyl (C=O) groups excluding carboxylic acids is 1. The second-order valence-corrected chi connectivity index (χ2v) is 4.10. The molecule has 0 unspecified atom stereocenters. The molecule has 0 radical (unpaired) electrons. The zero-order chi connectivity index (χ0) is 15.7. The van der Waals surface area contributed by atoms with Gasteiger partial charge >= 0.3 is 0 Å². The fraction of sp³-hybridized carbons (Fsp3) is 0.500. The van der Waals surface area contributed by atoms with Crippen molar-refractivity contribution in [3.8, 4) is 17.2 Å². The summed E-state index contributed by atoms with van der Waals surface area (Å²) >= 11 is 0. The molecule has 0 saturated carbocycles. The van der Waals surface area contributed by atoms with E-state index in [0.29, 0.717) is 36.1 Å². The van der Waals surface area contributed by atoms with Crippen molar-refractivity contribution in [1.82, 2.24) is 5.32 Å². The standard InChI is InChI=1S/C14H22N2O5/c1-18-8-7-15-9-12(17)16-10-5-6-11(19-2)14(21-4)13(10)20-3/h5-6,15H,7-9H2,1-4H3,(H,16,17). The zero-order valence-electron chi connectivity index (χ0n) is 12.8. The van der Waals surface area contributed by atoms with Gasteiger partial charge < -0.3 is 29.6 Å². The van der Waals surface area contributed by atoms with Crippen LogP contribution in [0.4, 0.5) is 5.69 Å². The summed E-state index contributed by atoms with van der Waals surface area (Å²) in [6, 6.07) is 3.41. The molecule has 1 rings (SSSR count). The summed E-state index contributed by atoms with van der Waals surface area (Å²) in [5, 5.41) is 5.72. The largest absolute Gasteiger partial charge is 0.493 e. The monoisotopic (exact) mass is 298 g/mol. The summed E-state index contributed by atoms with van der Waals surface area (Å²) in [5.74, 6) is 1.20. The summed E-state index contributed by atoms with van der Waals surface area (Å²) in [6.07, 6.45) is 0. The molecule has 7 heteroatoms. The lowest BCUT2D eigenvalue weighted by Gasteiger charge is -2.16. The van der Waals surface area contributed by atoms with Crippen LogP contribution in [0.15, 0.2) is 12.1 Å². The smallest absolute Gasteiger partial charge is 0.238 e. The molecule has 118 valence electrons. The Hall–Kier alpha value is -1.99. The highest BCUT2D eigenvalue weighted by Crippen LogP contribution is 2.42. The molecule has 0 aliphatic carbocycles. The van der Waals surface area contributed by atoms with E-state index in [0.717, 1.165) is 0 Å². The van der Waals surface area contributed by atoms with Gasteiger partial charge in [-0.25, -0.2) is 0 Å². The van der Waals surface area contributed by atoms with Crippen LogP contribution in [-0.2, 0) is 9.53 Å². The summed E-state index contributed by atoms with van der Waals surface area (Å²) in [4.78, 5) is 11.9. The van der Waals surface area contributed by atoms with Gasteiger partial charge in [0.25, 0.3) is 0 Å². The molecule has 2 N–H and O–H groups in total. The normalized spacial score (nSPS) is 10.1. The van der Waals surface area contributed by atoms with Gasteiger partial charge in [-0.2, -0.15) is 0 Å². The minimum atomic E-state index is -0.184. The van der Waals surface area contributed by atoms with Gasteiger partial charge in [-0.3, -0.25) is 4.79 Å². The number of benzene rings is 1. The highest BCUT2D eigenvalue weighted by atomic mass is 16.5. The van der Waals surface area contributed by atoms with E-state index in [-0.39, 0.29) is 12.5 Å².